The Labute approximate surface area is 155 Å². The number of amides is 2. The molecule has 1 aromatic rings. The molecule has 0 spiro atoms. The van der Waals surface area contributed by atoms with E-state index in [9.17, 15) is 9.59 Å². The van der Waals surface area contributed by atoms with E-state index < -0.39 is 0 Å². The fourth-order valence-corrected chi connectivity index (χ4v) is 3.68. The van der Waals surface area contributed by atoms with Crippen LogP contribution in [0.4, 0.5) is 11.4 Å². The minimum atomic E-state index is -0.0352. The maximum atomic E-state index is 12.5. The van der Waals surface area contributed by atoms with Crippen LogP contribution in [-0.2, 0) is 9.59 Å². The van der Waals surface area contributed by atoms with Crippen LogP contribution in [-0.4, -0.2) is 50.5 Å². The summed E-state index contributed by atoms with van der Waals surface area (Å²) in [6, 6.07) is 5.56. The summed E-state index contributed by atoms with van der Waals surface area (Å²) in [6.07, 6.45) is 6.30. The highest BCUT2D eigenvalue weighted by atomic mass is 16.5. The highest BCUT2D eigenvalue weighted by Gasteiger charge is 2.26. The lowest BCUT2D eigenvalue weighted by atomic mass is 9.88. The van der Waals surface area contributed by atoms with Crippen LogP contribution in [0.1, 0.15) is 38.5 Å². The van der Waals surface area contributed by atoms with E-state index in [0.29, 0.717) is 12.3 Å². The molecule has 0 aromatic heterocycles. The number of carbonyl (C=O) groups excluding carboxylic acids is 2. The lowest BCUT2D eigenvalue weighted by molar-refractivity contribution is -0.121. The quantitative estimate of drug-likeness (QED) is 0.848. The molecular weight excluding hydrogens is 330 g/mol. The molecule has 0 bridgehead atoms. The first-order valence-electron chi connectivity index (χ1n) is 9.57. The smallest absolute Gasteiger partial charge is 0.265 e. The second-order valence-electron chi connectivity index (χ2n) is 7.50. The summed E-state index contributed by atoms with van der Waals surface area (Å²) in [5, 5.41) is 3.03. The second kappa shape index (κ2) is 8.54. The van der Waals surface area contributed by atoms with E-state index in [-0.39, 0.29) is 24.3 Å². The maximum absolute atomic E-state index is 12.5. The number of anilines is 2. The van der Waals surface area contributed by atoms with E-state index >= 15 is 0 Å². The molecular formula is C20H29N3O3. The van der Waals surface area contributed by atoms with Crippen molar-refractivity contribution in [3.8, 4) is 5.75 Å². The molecule has 1 heterocycles. The van der Waals surface area contributed by atoms with Crippen molar-refractivity contribution in [3.63, 3.8) is 0 Å². The van der Waals surface area contributed by atoms with Gasteiger partial charge in [-0.1, -0.05) is 19.3 Å². The molecule has 0 atom stereocenters. The molecule has 1 saturated carbocycles. The van der Waals surface area contributed by atoms with Crippen LogP contribution in [0, 0.1) is 5.92 Å². The molecule has 26 heavy (non-hydrogen) atoms. The van der Waals surface area contributed by atoms with Crippen molar-refractivity contribution in [3.05, 3.63) is 18.2 Å². The van der Waals surface area contributed by atoms with Crippen molar-refractivity contribution in [1.82, 2.24) is 4.90 Å². The molecule has 0 unspecified atom stereocenters. The van der Waals surface area contributed by atoms with E-state index in [1.165, 1.54) is 6.42 Å². The second-order valence-corrected chi connectivity index (χ2v) is 7.50. The van der Waals surface area contributed by atoms with Gasteiger partial charge in [0.1, 0.15) is 5.75 Å². The van der Waals surface area contributed by atoms with E-state index in [0.717, 1.165) is 50.0 Å². The Balaban J connectivity index is 1.71. The third-order valence-electron chi connectivity index (χ3n) is 5.13. The third kappa shape index (κ3) is 4.55. The monoisotopic (exact) mass is 359 g/mol. The molecule has 6 heteroatoms. The number of carbonyl (C=O) groups is 2. The van der Waals surface area contributed by atoms with Gasteiger partial charge in [0, 0.05) is 18.2 Å². The normalized spacial score (nSPS) is 17.8. The number of rotatable bonds is 6. The number of benzene rings is 1. The summed E-state index contributed by atoms with van der Waals surface area (Å²) in [4.78, 5) is 28.7. The Hall–Kier alpha value is -2.08. The van der Waals surface area contributed by atoms with Crippen LogP contribution in [0.3, 0.4) is 0 Å². The van der Waals surface area contributed by atoms with Crippen molar-refractivity contribution in [2.24, 2.45) is 5.92 Å². The number of hydrogen-bond acceptors (Lipinski definition) is 4. The zero-order chi connectivity index (χ0) is 18.5. The Kier molecular flexibility index (Phi) is 6.14. The summed E-state index contributed by atoms with van der Waals surface area (Å²) in [7, 11) is 4.04. The van der Waals surface area contributed by atoms with E-state index in [4.69, 9.17) is 4.74 Å². The topological polar surface area (TPSA) is 61.9 Å². The highest BCUT2D eigenvalue weighted by Crippen LogP contribution is 2.35. The molecule has 1 N–H and O–H groups in total. The van der Waals surface area contributed by atoms with Crippen molar-refractivity contribution in [1.29, 1.82) is 0 Å². The number of nitrogens with one attached hydrogen (secondary N) is 1. The molecule has 2 amide bonds. The number of ether oxygens (including phenoxy) is 1. The lowest BCUT2D eigenvalue weighted by Gasteiger charge is -2.30. The summed E-state index contributed by atoms with van der Waals surface area (Å²) < 4.78 is 5.56. The Morgan fingerprint density at radius 1 is 1.27 bits per heavy atom. The Morgan fingerprint density at radius 3 is 2.77 bits per heavy atom. The fraction of sp³-hybridized carbons (Fsp3) is 0.600. The molecule has 3 rings (SSSR count). The first-order chi connectivity index (χ1) is 12.5. The van der Waals surface area contributed by atoms with E-state index in [2.05, 4.69) is 10.2 Å². The van der Waals surface area contributed by atoms with Crippen LogP contribution in [0.5, 0.6) is 5.75 Å². The van der Waals surface area contributed by atoms with Gasteiger partial charge < -0.3 is 19.9 Å². The Morgan fingerprint density at radius 2 is 2.04 bits per heavy atom. The van der Waals surface area contributed by atoms with Crippen LogP contribution in [0.25, 0.3) is 0 Å². The molecule has 1 fully saturated rings. The molecule has 1 aromatic carbocycles. The van der Waals surface area contributed by atoms with Crippen molar-refractivity contribution >= 4 is 23.2 Å². The van der Waals surface area contributed by atoms with Crippen LogP contribution >= 0.6 is 0 Å². The Bertz CT molecular complexity index is 654. The zero-order valence-electron chi connectivity index (χ0n) is 15.8. The van der Waals surface area contributed by atoms with Gasteiger partial charge in [-0.3, -0.25) is 9.59 Å². The molecule has 1 aliphatic heterocycles. The first-order valence-corrected chi connectivity index (χ1v) is 9.57. The van der Waals surface area contributed by atoms with Gasteiger partial charge in [-0.05, 0) is 58.1 Å². The van der Waals surface area contributed by atoms with Gasteiger partial charge in [0.25, 0.3) is 5.91 Å². The van der Waals surface area contributed by atoms with Crippen molar-refractivity contribution in [2.75, 3.05) is 44.0 Å². The largest absolute Gasteiger partial charge is 0.482 e. The van der Waals surface area contributed by atoms with E-state index in [1.807, 2.05) is 32.3 Å². The maximum Gasteiger partial charge on any atom is 0.265 e. The SMILES string of the molecule is CN(C)CCCN1C(=O)COc2ccc(NC(=O)C3CCCCC3)cc21. The molecule has 2 aliphatic rings. The van der Waals surface area contributed by atoms with Gasteiger partial charge in [-0.2, -0.15) is 0 Å². The zero-order valence-corrected chi connectivity index (χ0v) is 15.8. The summed E-state index contributed by atoms with van der Waals surface area (Å²) in [5.41, 5.74) is 1.48. The van der Waals surface area contributed by atoms with Gasteiger partial charge in [0.05, 0.1) is 5.69 Å². The molecule has 1 aliphatic carbocycles. The van der Waals surface area contributed by atoms with Gasteiger partial charge in [-0.15, -0.1) is 0 Å². The summed E-state index contributed by atoms with van der Waals surface area (Å²) in [6.45, 7) is 1.63. The minimum Gasteiger partial charge on any atom is -0.482 e. The predicted molar refractivity (Wildman–Crippen MR) is 103 cm³/mol. The van der Waals surface area contributed by atoms with Crippen LogP contribution in [0.2, 0.25) is 0 Å². The molecule has 0 saturated heterocycles. The van der Waals surface area contributed by atoms with Gasteiger partial charge in [0.2, 0.25) is 5.91 Å². The summed E-state index contributed by atoms with van der Waals surface area (Å²) >= 11 is 0. The van der Waals surface area contributed by atoms with Gasteiger partial charge in [0.15, 0.2) is 6.61 Å². The molecule has 142 valence electrons. The van der Waals surface area contributed by atoms with Gasteiger partial charge in [-0.25, -0.2) is 0 Å². The van der Waals surface area contributed by atoms with Crippen LogP contribution in [0.15, 0.2) is 18.2 Å². The van der Waals surface area contributed by atoms with Crippen LogP contribution < -0.4 is 15.0 Å². The number of hydrogen-bond donors (Lipinski definition) is 1. The standard InChI is InChI=1S/C20H29N3O3/c1-22(2)11-6-12-23-17-13-16(9-10-18(17)26-14-19(23)24)21-20(25)15-7-4-3-5-8-15/h9-10,13,15H,3-8,11-12,14H2,1-2H3,(H,21,25). The first kappa shape index (κ1) is 18.7. The molecule has 6 nitrogen and oxygen atoms in total. The lowest BCUT2D eigenvalue weighted by Crippen LogP contribution is -2.40. The van der Waals surface area contributed by atoms with Crippen molar-refractivity contribution < 1.29 is 14.3 Å². The predicted octanol–water partition coefficient (Wildman–Crippen LogP) is 2.88. The highest BCUT2D eigenvalue weighted by molar-refractivity contribution is 5.99. The average Bonchev–Trinajstić information content (AvgIpc) is 2.64. The van der Waals surface area contributed by atoms with Gasteiger partial charge >= 0.3 is 0 Å². The number of fused-ring (bicyclic) bond motifs is 1. The van der Waals surface area contributed by atoms with E-state index in [1.54, 1.807) is 4.90 Å². The minimum absolute atomic E-state index is 0.0352. The number of nitrogens with zero attached hydrogens (tertiary/aromatic N) is 2. The molecule has 0 radical (unpaired) electrons. The third-order valence-corrected chi connectivity index (χ3v) is 5.13. The summed E-state index contributed by atoms with van der Waals surface area (Å²) in [5.74, 6) is 0.859. The average molecular weight is 359 g/mol. The van der Waals surface area contributed by atoms with Crippen molar-refractivity contribution in [2.45, 2.75) is 38.5 Å². The fourth-order valence-electron chi connectivity index (χ4n) is 3.68.